The summed E-state index contributed by atoms with van der Waals surface area (Å²) in [4.78, 5) is 9.98. The normalized spacial score (nSPS) is 7.09. The van der Waals surface area contributed by atoms with E-state index < -0.39 is 0 Å². The van der Waals surface area contributed by atoms with Crippen molar-refractivity contribution in [1.82, 2.24) is 0 Å². The van der Waals surface area contributed by atoms with E-state index in [-0.39, 0.29) is 5.97 Å². The Morgan fingerprint density at radius 1 is 1.55 bits per heavy atom. The molecule has 0 aliphatic rings. The number of carbonyl (C=O) groups is 1. The van der Waals surface area contributed by atoms with Gasteiger partial charge in [0.25, 0.3) is 0 Å². The molecule has 0 aromatic carbocycles. The summed E-state index contributed by atoms with van der Waals surface area (Å²) in [5, 5.41) is 7.62. The molecule has 0 aromatic rings. The molecular weight excluding hydrogens is 142 g/mol. The largest absolute Gasteiger partial charge is 0.466 e. The molecule has 0 rings (SSSR count). The summed E-state index contributed by atoms with van der Waals surface area (Å²) in [6.45, 7) is 5.74. The summed E-state index contributed by atoms with van der Waals surface area (Å²) >= 11 is 0. The zero-order valence-electron chi connectivity index (χ0n) is 7.39. The fourth-order valence-corrected chi connectivity index (χ4v) is 0.246. The standard InChI is InChI=1S/C5H10O2.C3H5N/c1-3-4-7-5(2)6;1-2-3-4/h3-4H2,1-2H3;2H2,1H3. The van der Waals surface area contributed by atoms with Crippen LogP contribution in [0.2, 0.25) is 0 Å². The first-order valence-corrected chi connectivity index (χ1v) is 3.69. The van der Waals surface area contributed by atoms with Crippen LogP contribution in [0.4, 0.5) is 0 Å². The van der Waals surface area contributed by atoms with Crippen molar-refractivity contribution in [3.8, 4) is 6.07 Å². The molecule has 0 unspecified atom stereocenters. The Bertz CT molecular complexity index is 127. The highest BCUT2D eigenvalue weighted by Crippen LogP contribution is 1.78. The predicted octanol–water partition coefficient (Wildman–Crippen LogP) is 1.88. The number of ether oxygens (including phenoxy) is 1. The molecule has 0 N–H and O–H groups in total. The summed E-state index contributed by atoms with van der Waals surface area (Å²) in [5.41, 5.74) is 0. The zero-order valence-corrected chi connectivity index (χ0v) is 7.39. The summed E-state index contributed by atoms with van der Waals surface area (Å²) < 4.78 is 4.55. The lowest BCUT2D eigenvalue weighted by Crippen LogP contribution is -1.98. The second kappa shape index (κ2) is 11.7. The van der Waals surface area contributed by atoms with Crippen LogP contribution in [0.25, 0.3) is 0 Å². The van der Waals surface area contributed by atoms with Gasteiger partial charge >= 0.3 is 5.97 Å². The van der Waals surface area contributed by atoms with Gasteiger partial charge in [0.1, 0.15) is 0 Å². The maximum Gasteiger partial charge on any atom is 0.302 e. The molecule has 0 bridgehead atoms. The number of hydrogen-bond acceptors (Lipinski definition) is 3. The Morgan fingerprint density at radius 2 is 2.00 bits per heavy atom. The van der Waals surface area contributed by atoms with E-state index in [1.165, 1.54) is 6.92 Å². The minimum Gasteiger partial charge on any atom is -0.466 e. The van der Waals surface area contributed by atoms with Crippen LogP contribution < -0.4 is 0 Å². The quantitative estimate of drug-likeness (QED) is 0.575. The average Bonchev–Trinajstić information content (AvgIpc) is 2.01. The molecule has 64 valence electrons. The Morgan fingerprint density at radius 3 is 2.09 bits per heavy atom. The fraction of sp³-hybridized carbons (Fsp3) is 0.750. The molecule has 0 spiro atoms. The van der Waals surface area contributed by atoms with Gasteiger partial charge in [0.15, 0.2) is 0 Å². The minimum absolute atomic E-state index is 0.193. The smallest absolute Gasteiger partial charge is 0.302 e. The van der Waals surface area contributed by atoms with Crippen LogP contribution in [0.5, 0.6) is 0 Å². The van der Waals surface area contributed by atoms with E-state index in [2.05, 4.69) is 4.74 Å². The van der Waals surface area contributed by atoms with Gasteiger partial charge in [-0.3, -0.25) is 4.79 Å². The molecule has 0 aliphatic heterocycles. The molecule has 0 radical (unpaired) electrons. The Balaban J connectivity index is 0. The van der Waals surface area contributed by atoms with E-state index in [1.54, 1.807) is 0 Å². The second-order valence-corrected chi connectivity index (χ2v) is 1.85. The van der Waals surface area contributed by atoms with Gasteiger partial charge in [-0.15, -0.1) is 0 Å². The number of nitriles is 1. The van der Waals surface area contributed by atoms with E-state index in [9.17, 15) is 4.79 Å². The molecule has 3 nitrogen and oxygen atoms in total. The lowest BCUT2D eigenvalue weighted by atomic mass is 10.5. The lowest BCUT2D eigenvalue weighted by Gasteiger charge is -1.93. The highest BCUT2D eigenvalue weighted by molar-refractivity contribution is 5.65. The van der Waals surface area contributed by atoms with Crippen LogP contribution in [-0.4, -0.2) is 12.6 Å². The molecule has 0 aromatic heterocycles. The van der Waals surface area contributed by atoms with Crippen molar-refractivity contribution in [2.45, 2.75) is 33.6 Å². The van der Waals surface area contributed by atoms with Crippen LogP contribution in [0.15, 0.2) is 0 Å². The molecule has 0 saturated heterocycles. The van der Waals surface area contributed by atoms with E-state index in [0.29, 0.717) is 13.0 Å². The van der Waals surface area contributed by atoms with Crippen LogP contribution in [0.3, 0.4) is 0 Å². The molecule has 0 fully saturated rings. The van der Waals surface area contributed by atoms with Gasteiger partial charge in [-0.1, -0.05) is 13.8 Å². The molecule has 3 heteroatoms. The highest BCUT2D eigenvalue weighted by Gasteiger charge is 1.85. The lowest BCUT2D eigenvalue weighted by molar-refractivity contribution is -0.140. The van der Waals surface area contributed by atoms with Gasteiger partial charge in [0.2, 0.25) is 0 Å². The molecule has 0 saturated carbocycles. The van der Waals surface area contributed by atoms with E-state index in [4.69, 9.17) is 5.26 Å². The van der Waals surface area contributed by atoms with E-state index >= 15 is 0 Å². The third-order valence-corrected chi connectivity index (χ3v) is 0.668. The van der Waals surface area contributed by atoms with Crippen molar-refractivity contribution < 1.29 is 9.53 Å². The third kappa shape index (κ3) is 27.7. The van der Waals surface area contributed by atoms with Gasteiger partial charge in [0, 0.05) is 13.3 Å². The average molecular weight is 157 g/mol. The minimum atomic E-state index is -0.193. The number of rotatable bonds is 2. The molecule has 11 heavy (non-hydrogen) atoms. The van der Waals surface area contributed by atoms with Crippen molar-refractivity contribution >= 4 is 5.97 Å². The van der Waals surface area contributed by atoms with Crippen LogP contribution in [-0.2, 0) is 9.53 Å². The van der Waals surface area contributed by atoms with Gasteiger partial charge in [-0.25, -0.2) is 0 Å². The van der Waals surface area contributed by atoms with E-state index in [1.807, 2.05) is 19.9 Å². The highest BCUT2D eigenvalue weighted by atomic mass is 16.5. The first kappa shape index (κ1) is 12.6. The van der Waals surface area contributed by atoms with Crippen LogP contribution in [0, 0.1) is 11.3 Å². The number of hydrogen-bond donors (Lipinski definition) is 0. The summed E-state index contributed by atoms with van der Waals surface area (Å²) in [6.07, 6.45) is 1.53. The summed E-state index contributed by atoms with van der Waals surface area (Å²) in [6, 6.07) is 1.93. The first-order chi connectivity index (χ1) is 5.18. The van der Waals surface area contributed by atoms with Crippen molar-refractivity contribution in [2.24, 2.45) is 0 Å². The Hall–Kier alpha value is -1.04. The predicted molar refractivity (Wildman–Crippen MR) is 42.8 cm³/mol. The van der Waals surface area contributed by atoms with Crippen molar-refractivity contribution in [3.63, 3.8) is 0 Å². The van der Waals surface area contributed by atoms with Gasteiger partial charge in [-0.05, 0) is 6.42 Å². The fourth-order valence-electron chi connectivity index (χ4n) is 0.246. The molecule has 0 atom stereocenters. The topological polar surface area (TPSA) is 50.1 Å². The Labute approximate surface area is 68.0 Å². The third-order valence-electron chi connectivity index (χ3n) is 0.668. The number of nitrogens with zero attached hydrogens (tertiary/aromatic N) is 1. The van der Waals surface area contributed by atoms with Gasteiger partial charge in [-0.2, -0.15) is 5.26 Å². The van der Waals surface area contributed by atoms with Crippen molar-refractivity contribution in [3.05, 3.63) is 0 Å². The number of esters is 1. The Kier molecular flexibility index (Phi) is 13.4. The van der Waals surface area contributed by atoms with Crippen molar-refractivity contribution in [2.75, 3.05) is 6.61 Å². The van der Waals surface area contributed by atoms with E-state index in [0.717, 1.165) is 6.42 Å². The maximum atomic E-state index is 9.98. The van der Waals surface area contributed by atoms with Gasteiger partial charge in [0.05, 0.1) is 12.7 Å². The van der Waals surface area contributed by atoms with Crippen molar-refractivity contribution in [1.29, 1.82) is 5.26 Å². The summed E-state index contributed by atoms with van der Waals surface area (Å²) in [7, 11) is 0. The first-order valence-electron chi connectivity index (χ1n) is 3.69. The monoisotopic (exact) mass is 157 g/mol. The number of carbonyl (C=O) groups excluding carboxylic acids is 1. The molecule has 0 amide bonds. The van der Waals surface area contributed by atoms with Crippen LogP contribution >= 0.6 is 0 Å². The SMILES string of the molecule is CCC#N.CCCOC(C)=O. The summed E-state index contributed by atoms with van der Waals surface area (Å²) in [5.74, 6) is -0.193. The second-order valence-electron chi connectivity index (χ2n) is 1.85. The molecular formula is C8H15NO2. The van der Waals surface area contributed by atoms with Crippen LogP contribution in [0.1, 0.15) is 33.6 Å². The molecule has 0 heterocycles. The van der Waals surface area contributed by atoms with Gasteiger partial charge < -0.3 is 4.74 Å². The maximum absolute atomic E-state index is 9.98. The zero-order chi connectivity index (χ0) is 9.11. The molecule has 0 aliphatic carbocycles.